The molecule has 0 aliphatic carbocycles. The standard InChI is InChI=1S/C13H18N2O2S2/c1-9-3-4-11(13(14)18)12(7-9)15(2)10-5-6-19(16,17)8-10/h3-4,7,10H,5-6,8H2,1-2H3,(H2,14,18). The lowest BCUT2D eigenvalue weighted by Crippen LogP contribution is -2.34. The molecule has 1 aromatic rings. The number of nitrogens with two attached hydrogens (primary N) is 1. The Hall–Kier alpha value is -1.14. The fourth-order valence-electron chi connectivity index (χ4n) is 2.42. The van der Waals surface area contributed by atoms with Gasteiger partial charge in [-0.15, -0.1) is 0 Å². The fourth-order valence-corrected chi connectivity index (χ4v) is 4.37. The summed E-state index contributed by atoms with van der Waals surface area (Å²) in [5.74, 6) is 0.463. The fraction of sp³-hybridized carbons (Fsp3) is 0.462. The van der Waals surface area contributed by atoms with Crippen molar-refractivity contribution in [1.82, 2.24) is 0 Å². The molecule has 1 heterocycles. The summed E-state index contributed by atoms with van der Waals surface area (Å²) >= 11 is 5.06. The van der Waals surface area contributed by atoms with Gasteiger partial charge >= 0.3 is 0 Å². The molecule has 6 heteroatoms. The van der Waals surface area contributed by atoms with E-state index in [0.717, 1.165) is 16.8 Å². The Morgan fingerprint density at radius 3 is 2.68 bits per heavy atom. The molecule has 1 fully saturated rings. The summed E-state index contributed by atoms with van der Waals surface area (Å²) in [6.45, 7) is 1.99. The van der Waals surface area contributed by atoms with Crippen molar-refractivity contribution in [2.75, 3.05) is 23.5 Å². The average molecular weight is 298 g/mol. The summed E-state index contributed by atoms with van der Waals surface area (Å²) in [5, 5.41) is 0. The Kier molecular flexibility index (Phi) is 3.82. The molecule has 1 aliphatic heterocycles. The Balaban J connectivity index is 2.36. The van der Waals surface area contributed by atoms with E-state index in [1.165, 1.54) is 0 Å². The van der Waals surface area contributed by atoms with Crippen LogP contribution in [0.1, 0.15) is 17.5 Å². The maximum Gasteiger partial charge on any atom is 0.152 e. The summed E-state index contributed by atoms with van der Waals surface area (Å²) in [6.07, 6.45) is 0.656. The van der Waals surface area contributed by atoms with Crippen LogP contribution in [0.3, 0.4) is 0 Å². The molecule has 1 aliphatic rings. The number of sulfone groups is 1. The number of hydrogen-bond acceptors (Lipinski definition) is 4. The van der Waals surface area contributed by atoms with E-state index in [0.29, 0.717) is 11.4 Å². The van der Waals surface area contributed by atoms with Crippen molar-refractivity contribution in [3.8, 4) is 0 Å². The molecule has 0 aromatic heterocycles. The highest BCUT2D eigenvalue weighted by Gasteiger charge is 2.31. The molecular weight excluding hydrogens is 280 g/mol. The average Bonchev–Trinajstić information content (AvgIpc) is 2.68. The number of hydrogen-bond donors (Lipinski definition) is 1. The first-order valence-electron chi connectivity index (χ1n) is 6.14. The number of aryl methyl sites for hydroxylation is 1. The van der Waals surface area contributed by atoms with Gasteiger partial charge in [-0.3, -0.25) is 0 Å². The van der Waals surface area contributed by atoms with E-state index >= 15 is 0 Å². The van der Waals surface area contributed by atoms with Crippen LogP contribution in [0.15, 0.2) is 18.2 Å². The number of rotatable bonds is 3. The molecule has 104 valence electrons. The highest BCUT2D eigenvalue weighted by atomic mass is 32.2. The van der Waals surface area contributed by atoms with E-state index < -0.39 is 9.84 Å². The minimum absolute atomic E-state index is 0.0000926. The molecule has 2 rings (SSSR count). The molecule has 0 spiro atoms. The van der Waals surface area contributed by atoms with Crippen LogP contribution in [0.25, 0.3) is 0 Å². The third kappa shape index (κ3) is 3.06. The van der Waals surface area contributed by atoms with E-state index in [1.807, 2.05) is 37.1 Å². The third-order valence-corrected chi connectivity index (χ3v) is 5.53. The molecule has 0 amide bonds. The Morgan fingerprint density at radius 1 is 1.47 bits per heavy atom. The van der Waals surface area contributed by atoms with Crippen molar-refractivity contribution in [2.24, 2.45) is 5.73 Å². The summed E-state index contributed by atoms with van der Waals surface area (Å²) in [5.41, 5.74) is 8.55. The summed E-state index contributed by atoms with van der Waals surface area (Å²) < 4.78 is 23.2. The first-order valence-corrected chi connectivity index (χ1v) is 8.37. The van der Waals surface area contributed by atoms with Gasteiger partial charge in [0.2, 0.25) is 0 Å². The molecule has 0 radical (unpaired) electrons. The molecule has 4 nitrogen and oxygen atoms in total. The minimum atomic E-state index is -2.90. The number of benzene rings is 1. The number of anilines is 1. The Labute approximate surface area is 119 Å². The van der Waals surface area contributed by atoms with E-state index in [2.05, 4.69) is 0 Å². The summed E-state index contributed by atoms with van der Waals surface area (Å²) in [7, 11) is -0.993. The number of nitrogens with zero attached hydrogens (tertiary/aromatic N) is 1. The second kappa shape index (κ2) is 5.09. The second-order valence-corrected chi connectivity index (χ2v) is 7.72. The van der Waals surface area contributed by atoms with Gasteiger partial charge in [0.15, 0.2) is 9.84 Å². The lowest BCUT2D eigenvalue weighted by atomic mass is 10.1. The normalized spacial score (nSPS) is 21.3. The number of thiocarbonyl (C=S) groups is 1. The van der Waals surface area contributed by atoms with Gasteiger partial charge in [-0.25, -0.2) is 8.42 Å². The van der Waals surface area contributed by atoms with E-state index in [9.17, 15) is 8.42 Å². The van der Waals surface area contributed by atoms with Gasteiger partial charge in [0, 0.05) is 24.3 Å². The van der Waals surface area contributed by atoms with Gasteiger partial charge in [-0.2, -0.15) is 0 Å². The minimum Gasteiger partial charge on any atom is -0.389 e. The van der Waals surface area contributed by atoms with Gasteiger partial charge in [0.1, 0.15) is 4.99 Å². The Bertz CT molecular complexity index is 611. The second-order valence-electron chi connectivity index (χ2n) is 5.05. The zero-order chi connectivity index (χ0) is 14.2. The van der Waals surface area contributed by atoms with Crippen LogP contribution in [0.2, 0.25) is 0 Å². The van der Waals surface area contributed by atoms with E-state index in [1.54, 1.807) is 0 Å². The predicted molar refractivity (Wildman–Crippen MR) is 82.5 cm³/mol. The molecule has 1 atom stereocenters. The topological polar surface area (TPSA) is 63.4 Å². The lowest BCUT2D eigenvalue weighted by Gasteiger charge is -2.28. The van der Waals surface area contributed by atoms with Gasteiger partial charge < -0.3 is 10.6 Å². The SMILES string of the molecule is Cc1ccc(C(N)=S)c(N(C)C2CCS(=O)(=O)C2)c1. The van der Waals surface area contributed by atoms with Gasteiger partial charge in [0.25, 0.3) is 0 Å². The van der Waals surface area contributed by atoms with E-state index in [-0.39, 0.29) is 17.5 Å². The zero-order valence-electron chi connectivity index (χ0n) is 11.1. The summed E-state index contributed by atoms with van der Waals surface area (Å²) in [6, 6.07) is 5.85. The first kappa shape index (κ1) is 14.3. The monoisotopic (exact) mass is 298 g/mol. The predicted octanol–water partition coefficient (Wildman–Crippen LogP) is 1.25. The van der Waals surface area contributed by atoms with Crippen LogP contribution in [-0.2, 0) is 9.84 Å². The van der Waals surface area contributed by atoms with Crippen LogP contribution >= 0.6 is 12.2 Å². The molecule has 2 N–H and O–H groups in total. The molecular formula is C13H18N2O2S2. The first-order chi connectivity index (χ1) is 8.80. The van der Waals surface area contributed by atoms with Crippen LogP contribution in [0.5, 0.6) is 0 Å². The lowest BCUT2D eigenvalue weighted by molar-refractivity contribution is 0.601. The van der Waals surface area contributed by atoms with Crippen molar-refractivity contribution < 1.29 is 8.42 Å². The smallest absolute Gasteiger partial charge is 0.152 e. The van der Waals surface area contributed by atoms with Crippen LogP contribution in [-0.4, -0.2) is 38.0 Å². The maximum absolute atomic E-state index is 11.6. The zero-order valence-corrected chi connectivity index (χ0v) is 12.7. The largest absolute Gasteiger partial charge is 0.389 e. The van der Waals surface area contributed by atoms with Crippen molar-refractivity contribution in [3.63, 3.8) is 0 Å². The Morgan fingerprint density at radius 2 is 2.16 bits per heavy atom. The van der Waals surface area contributed by atoms with Crippen molar-refractivity contribution in [2.45, 2.75) is 19.4 Å². The van der Waals surface area contributed by atoms with Crippen LogP contribution in [0.4, 0.5) is 5.69 Å². The molecule has 1 unspecified atom stereocenters. The van der Waals surface area contributed by atoms with Crippen molar-refractivity contribution >= 4 is 32.7 Å². The van der Waals surface area contributed by atoms with Gasteiger partial charge in [-0.05, 0) is 31.0 Å². The summed E-state index contributed by atoms with van der Waals surface area (Å²) in [4.78, 5) is 2.33. The molecule has 1 saturated heterocycles. The van der Waals surface area contributed by atoms with Crippen molar-refractivity contribution in [1.29, 1.82) is 0 Å². The van der Waals surface area contributed by atoms with Gasteiger partial charge in [0.05, 0.1) is 11.5 Å². The highest BCUT2D eigenvalue weighted by molar-refractivity contribution is 7.91. The van der Waals surface area contributed by atoms with Crippen LogP contribution < -0.4 is 10.6 Å². The molecule has 19 heavy (non-hydrogen) atoms. The van der Waals surface area contributed by atoms with E-state index in [4.69, 9.17) is 18.0 Å². The quantitative estimate of drug-likeness (QED) is 0.851. The highest BCUT2D eigenvalue weighted by Crippen LogP contribution is 2.27. The molecule has 0 bridgehead atoms. The third-order valence-electron chi connectivity index (χ3n) is 3.55. The van der Waals surface area contributed by atoms with Crippen LogP contribution in [0, 0.1) is 6.92 Å². The maximum atomic E-state index is 11.6. The van der Waals surface area contributed by atoms with Gasteiger partial charge in [-0.1, -0.05) is 18.3 Å². The molecule has 0 saturated carbocycles. The molecule has 1 aromatic carbocycles. The van der Waals surface area contributed by atoms with Crippen molar-refractivity contribution in [3.05, 3.63) is 29.3 Å².